The number of fused-ring (bicyclic) bond motifs is 1. The van der Waals surface area contributed by atoms with Gasteiger partial charge in [-0.1, -0.05) is 36.4 Å². The third kappa shape index (κ3) is 5.55. The van der Waals surface area contributed by atoms with Crippen molar-refractivity contribution in [2.75, 3.05) is 29.3 Å². The second-order valence-corrected chi connectivity index (χ2v) is 8.02. The Morgan fingerprint density at radius 1 is 1.03 bits per heavy atom. The van der Waals surface area contributed by atoms with Gasteiger partial charge in [0, 0.05) is 6.08 Å². The summed E-state index contributed by atoms with van der Waals surface area (Å²) in [7, 11) is 1.58. The van der Waals surface area contributed by atoms with Crippen molar-refractivity contribution in [1.29, 1.82) is 0 Å². The Kier molecular flexibility index (Phi) is 7.65. The number of rotatable bonds is 8. The summed E-state index contributed by atoms with van der Waals surface area (Å²) < 4.78 is 10.7. The second-order valence-electron chi connectivity index (χ2n) is 8.02. The van der Waals surface area contributed by atoms with E-state index in [-0.39, 0.29) is 6.42 Å². The number of methoxy groups -OCH3 is 1. The maximum absolute atomic E-state index is 13.4. The fourth-order valence-electron chi connectivity index (χ4n) is 3.94. The number of hydrogen-bond donors (Lipinski definition) is 2. The molecule has 0 aliphatic carbocycles. The molecule has 0 bridgehead atoms. The van der Waals surface area contributed by atoms with Gasteiger partial charge in [0.2, 0.25) is 11.8 Å². The number of ether oxygens (including phenoxy) is 2. The normalized spacial score (nSPS) is 14.7. The van der Waals surface area contributed by atoms with E-state index in [2.05, 4.69) is 10.6 Å². The molecular formula is C28H27N3O5. The lowest BCUT2D eigenvalue weighted by atomic mass is 10.0. The van der Waals surface area contributed by atoms with Gasteiger partial charge in [-0.2, -0.15) is 0 Å². The first-order valence-corrected chi connectivity index (χ1v) is 11.6. The maximum atomic E-state index is 13.4. The minimum atomic E-state index is -1.04. The zero-order valence-electron chi connectivity index (χ0n) is 20.1. The van der Waals surface area contributed by atoms with Crippen molar-refractivity contribution in [3.05, 3.63) is 84.4 Å². The zero-order chi connectivity index (χ0) is 25.5. The molecule has 3 amide bonds. The topological polar surface area (TPSA) is 97.0 Å². The number of carbonyl (C=O) groups excluding carboxylic acids is 3. The van der Waals surface area contributed by atoms with Crippen LogP contribution in [0.3, 0.4) is 0 Å². The van der Waals surface area contributed by atoms with E-state index in [1.807, 2.05) is 25.1 Å². The van der Waals surface area contributed by atoms with Crippen molar-refractivity contribution < 1.29 is 23.9 Å². The van der Waals surface area contributed by atoms with E-state index in [0.717, 1.165) is 5.56 Å². The molecule has 184 valence electrons. The van der Waals surface area contributed by atoms with Gasteiger partial charge in [-0.05, 0) is 55.0 Å². The highest BCUT2D eigenvalue weighted by molar-refractivity contribution is 6.16. The van der Waals surface area contributed by atoms with Crippen molar-refractivity contribution in [3.8, 4) is 11.5 Å². The van der Waals surface area contributed by atoms with Gasteiger partial charge >= 0.3 is 0 Å². The average molecular weight is 486 g/mol. The minimum Gasteiger partial charge on any atom is -0.497 e. The summed E-state index contributed by atoms with van der Waals surface area (Å²) in [5, 5.41) is 5.61. The number of nitrogens with zero attached hydrogens (tertiary/aromatic N) is 1. The van der Waals surface area contributed by atoms with Crippen LogP contribution < -0.4 is 25.0 Å². The van der Waals surface area contributed by atoms with Crippen LogP contribution in [0.4, 0.5) is 17.1 Å². The Balaban J connectivity index is 1.58. The summed E-state index contributed by atoms with van der Waals surface area (Å²) in [5.74, 6) is -0.0355. The lowest BCUT2D eigenvalue weighted by Crippen LogP contribution is -2.52. The lowest BCUT2D eigenvalue weighted by molar-refractivity contribution is -0.124. The molecule has 0 fully saturated rings. The number of amides is 3. The predicted molar refractivity (Wildman–Crippen MR) is 139 cm³/mol. The van der Waals surface area contributed by atoms with E-state index in [0.29, 0.717) is 35.2 Å². The monoisotopic (exact) mass is 485 g/mol. The van der Waals surface area contributed by atoms with Crippen LogP contribution in [0.2, 0.25) is 0 Å². The van der Waals surface area contributed by atoms with Gasteiger partial charge < -0.3 is 20.1 Å². The van der Waals surface area contributed by atoms with Crippen molar-refractivity contribution in [2.24, 2.45) is 0 Å². The molecule has 8 heteroatoms. The smallest absolute Gasteiger partial charge is 0.251 e. The van der Waals surface area contributed by atoms with Gasteiger partial charge in [-0.15, -0.1) is 0 Å². The number of benzene rings is 3. The Bertz CT molecular complexity index is 1290. The molecule has 1 unspecified atom stereocenters. The van der Waals surface area contributed by atoms with Crippen LogP contribution in [0.1, 0.15) is 18.9 Å². The van der Waals surface area contributed by atoms with E-state index in [1.54, 1.807) is 67.8 Å². The summed E-state index contributed by atoms with van der Waals surface area (Å²) >= 11 is 0. The van der Waals surface area contributed by atoms with Gasteiger partial charge in [0.1, 0.15) is 17.5 Å². The minimum absolute atomic E-state index is 0.233. The second kappa shape index (κ2) is 11.2. The van der Waals surface area contributed by atoms with E-state index in [9.17, 15) is 14.4 Å². The summed E-state index contributed by atoms with van der Waals surface area (Å²) in [6, 6.07) is 20.3. The van der Waals surface area contributed by atoms with E-state index >= 15 is 0 Å². The third-order valence-corrected chi connectivity index (χ3v) is 5.65. The van der Waals surface area contributed by atoms with Crippen LogP contribution in [0, 0.1) is 0 Å². The van der Waals surface area contributed by atoms with Crippen LogP contribution in [0.15, 0.2) is 78.9 Å². The van der Waals surface area contributed by atoms with Crippen molar-refractivity contribution >= 4 is 40.9 Å². The Morgan fingerprint density at radius 2 is 1.75 bits per heavy atom. The molecule has 1 heterocycles. The summed E-state index contributed by atoms with van der Waals surface area (Å²) in [4.78, 5) is 40.8. The first-order chi connectivity index (χ1) is 17.5. The summed E-state index contributed by atoms with van der Waals surface area (Å²) in [5.41, 5.74) is 2.32. The molecule has 3 aromatic rings. The zero-order valence-corrected chi connectivity index (χ0v) is 20.1. The molecule has 8 nitrogen and oxygen atoms in total. The van der Waals surface area contributed by atoms with Crippen LogP contribution in [0.5, 0.6) is 11.5 Å². The predicted octanol–water partition coefficient (Wildman–Crippen LogP) is 4.49. The highest BCUT2D eigenvalue weighted by Crippen LogP contribution is 2.33. The van der Waals surface area contributed by atoms with Crippen LogP contribution in [-0.2, 0) is 14.4 Å². The highest BCUT2D eigenvalue weighted by atomic mass is 16.5. The quantitative estimate of drug-likeness (QED) is 0.458. The largest absolute Gasteiger partial charge is 0.497 e. The molecule has 0 saturated carbocycles. The van der Waals surface area contributed by atoms with E-state index < -0.39 is 23.8 Å². The fourth-order valence-corrected chi connectivity index (χ4v) is 3.94. The fraction of sp³-hybridized carbons (Fsp3) is 0.179. The van der Waals surface area contributed by atoms with Crippen molar-refractivity contribution in [1.82, 2.24) is 0 Å². The molecule has 2 N–H and O–H groups in total. The number of anilines is 3. The molecular weight excluding hydrogens is 458 g/mol. The van der Waals surface area contributed by atoms with Gasteiger partial charge in [0.15, 0.2) is 0 Å². The van der Waals surface area contributed by atoms with Gasteiger partial charge in [0.25, 0.3) is 5.91 Å². The molecule has 1 atom stereocenters. The highest BCUT2D eigenvalue weighted by Gasteiger charge is 2.37. The number of hydrogen-bond acceptors (Lipinski definition) is 5. The lowest BCUT2D eigenvalue weighted by Gasteiger charge is -2.35. The number of carbonyl (C=O) groups is 3. The van der Waals surface area contributed by atoms with E-state index in [1.165, 1.54) is 11.0 Å². The molecule has 4 rings (SSSR count). The SMILES string of the molecule is CCOc1ccccc1NC(=O)CC1C(=O)Nc2ccccc2N1C(=O)/C=C/c1ccc(OC)cc1. The Labute approximate surface area is 209 Å². The molecule has 1 aliphatic rings. The molecule has 0 radical (unpaired) electrons. The van der Waals surface area contributed by atoms with E-state index in [4.69, 9.17) is 9.47 Å². The number of para-hydroxylation sites is 4. The van der Waals surface area contributed by atoms with Crippen molar-refractivity contribution in [2.45, 2.75) is 19.4 Å². The van der Waals surface area contributed by atoms with Crippen LogP contribution >= 0.6 is 0 Å². The standard InChI is InChI=1S/C28H27N3O5/c1-3-36-25-11-7-5-9-22(25)29-26(32)18-24-28(34)30-21-8-4-6-10-23(21)31(24)27(33)17-14-19-12-15-20(35-2)16-13-19/h4-17,24H,3,18H2,1-2H3,(H,29,32)(H,30,34)/b17-14+. The third-order valence-electron chi connectivity index (χ3n) is 5.65. The Morgan fingerprint density at radius 3 is 2.50 bits per heavy atom. The molecule has 0 spiro atoms. The summed E-state index contributed by atoms with van der Waals surface area (Å²) in [6.07, 6.45) is 2.82. The van der Waals surface area contributed by atoms with Gasteiger partial charge in [-0.3, -0.25) is 19.3 Å². The first kappa shape index (κ1) is 24.5. The first-order valence-electron chi connectivity index (χ1n) is 11.6. The van der Waals surface area contributed by atoms with Crippen LogP contribution in [0.25, 0.3) is 6.08 Å². The molecule has 0 saturated heterocycles. The van der Waals surface area contributed by atoms with Crippen molar-refractivity contribution in [3.63, 3.8) is 0 Å². The maximum Gasteiger partial charge on any atom is 0.251 e. The molecule has 3 aromatic carbocycles. The Hall–Kier alpha value is -4.59. The summed E-state index contributed by atoms with van der Waals surface area (Å²) in [6.45, 7) is 2.29. The number of nitrogens with one attached hydrogen (secondary N) is 2. The van der Waals surface area contributed by atoms with Gasteiger partial charge in [-0.25, -0.2) is 0 Å². The average Bonchev–Trinajstić information content (AvgIpc) is 2.89. The molecule has 36 heavy (non-hydrogen) atoms. The van der Waals surface area contributed by atoms with Gasteiger partial charge in [0.05, 0.1) is 37.2 Å². The molecule has 0 aromatic heterocycles. The molecule has 1 aliphatic heterocycles. The van der Waals surface area contributed by atoms with Crippen LogP contribution in [-0.4, -0.2) is 37.5 Å².